The van der Waals surface area contributed by atoms with Gasteiger partial charge in [-0.2, -0.15) is 0 Å². The molecule has 0 amide bonds. The molecule has 0 aromatic carbocycles. The van der Waals surface area contributed by atoms with E-state index < -0.39 is 0 Å². The van der Waals surface area contributed by atoms with Crippen molar-refractivity contribution in [2.24, 2.45) is 11.8 Å². The highest BCUT2D eigenvalue weighted by molar-refractivity contribution is 4.97. The Balaban J connectivity index is 2.08. The number of fused-ring (bicyclic) bond motifs is 1. The molecule has 40 valence electrons. The molecule has 0 radical (unpaired) electrons. The third-order valence-electron chi connectivity index (χ3n) is 2.30. The summed E-state index contributed by atoms with van der Waals surface area (Å²) in [5.74, 6) is 1.68. The zero-order chi connectivity index (χ0) is 4.85. The van der Waals surface area contributed by atoms with Crippen molar-refractivity contribution in [2.45, 2.75) is 25.4 Å². The van der Waals surface area contributed by atoms with Crippen molar-refractivity contribution in [1.82, 2.24) is 0 Å². The van der Waals surface area contributed by atoms with Crippen LogP contribution < -0.4 is 0 Å². The number of hydrogen-bond donors (Lipinski definition) is 1. The summed E-state index contributed by atoms with van der Waals surface area (Å²) in [7, 11) is 0. The third-order valence-corrected chi connectivity index (χ3v) is 2.30. The second kappa shape index (κ2) is 1.03. The highest BCUT2D eigenvalue weighted by atomic mass is 16.3. The molecule has 3 atom stereocenters. The van der Waals surface area contributed by atoms with E-state index in [0.29, 0.717) is 0 Å². The normalized spacial score (nSPS) is 57.0. The quantitative estimate of drug-likeness (QED) is 0.474. The van der Waals surface area contributed by atoms with E-state index in [1.165, 1.54) is 12.8 Å². The van der Waals surface area contributed by atoms with Gasteiger partial charge in [-0.1, -0.05) is 0 Å². The van der Waals surface area contributed by atoms with Crippen LogP contribution in [-0.4, -0.2) is 11.2 Å². The average molecular weight is 98.1 g/mol. The topological polar surface area (TPSA) is 20.2 Å². The van der Waals surface area contributed by atoms with E-state index >= 15 is 0 Å². The molecule has 2 aliphatic rings. The molecule has 1 N–H and O–H groups in total. The number of aliphatic hydroxyl groups excluding tert-OH is 1. The van der Waals surface area contributed by atoms with Gasteiger partial charge in [0, 0.05) is 0 Å². The molecule has 7 heavy (non-hydrogen) atoms. The summed E-state index contributed by atoms with van der Waals surface area (Å²) in [5, 5.41) is 9.04. The van der Waals surface area contributed by atoms with Gasteiger partial charge in [0.25, 0.3) is 0 Å². The summed E-state index contributed by atoms with van der Waals surface area (Å²) in [5.41, 5.74) is 0. The van der Waals surface area contributed by atoms with Crippen LogP contribution in [0.15, 0.2) is 0 Å². The Bertz CT molecular complexity index is 90.2. The van der Waals surface area contributed by atoms with Gasteiger partial charge in [0.05, 0.1) is 6.10 Å². The van der Waals surface area contributed by atoms with Crippen LogP contribution >= 0.6 is 0 Å². The Hall–Kier alpha value is -0.0400. The van der Waals surface area contributed by atoms with Crippen molar-refractivity contribution in [1.29, 1.82) is 0 Å². The van der Waals surface area contributed by atoms with Gasteiger partial charge in [-0.05, 0) is 31.1 Å². The van der Waals surface area contributed by atoms with E-state index in [1.54, 1.807) is 0 Å². The van der Waals surface area contributed by atoms with E-state index in [2.05, 4.69) is 0 Å². The fourth-order valence-corrected chi connectivity index (χ4v) is 1.67. The largest absolute Gasteiger partial charge is 0.393 e. The minimum atomic E-state index is 0.0880. The van der Waals surface area contributed by atoms with Crippen molar-refractivity contribution >= 4 is 0 Å². The fourth-order valence-electron chi connectivity index (χ4n) is 1.67. The smallest absolute Gasteiger partial charge is 0.0571 e. The Morgan fingerprint density at radius 2 is 2.14 bits per heavy atom. The van der Waals surface area contributed by atoms with Gasteiger partial charge in [0.2, 0.25) is 0 Å². The lowest BCUT2D eigenvalue weighted by Gasteiger charge is -1.97. The first kappa shape index (κ1) is 3.90. The number of hydrogen-bond acceptors (Lipinski definition) is 1. The first-order valence-corrected chi connectivity index (χ1v) is 3.06. The second-order valence-electron chi connectivity index (χ2n) is 2.80. The highest BCUT2D eigenvalue weighted by Gasteiger charge is 2.47. The van der Waals surface area contributed by atoms with Crippen molar-refractivity contribution in [3.8, 4) is 0 Å². The molecule has 2 unspecified atom stereocenters. The van der Waals surface area contributed by atoms with Gasteiger partial charge >= 0.3 is 0 Å². The van der Waals surface area contributed by atoms with Crippen molar-refractivity contribution < 1.29 is 5.11 Å². The molecule has 2 aliphatic carbocycles. The second-order valence-corrected chi connectivity index (χ2v) is 2.80. The predicted molar refractivity (Wildman–Crippen MR) is 26.8 cm³/mol. The molecule has 0 aliphatic heterocycles. The lowest BCUT2D eigenvalue weighted by Crippen LogP contribution is -2.02. The van der Waals surface area contributed by atoms with Crippen LogP contribution in [0.5, 0.6) is 0 Å². The van der Waals surface area contributed by atoms with Crippen LogP contribution in [0, 0.1) is 11.8 Å². The molecule has 1 heteroatoms. The average Bonchev–Trinajstić information content (AvgIpc) is 2.33. The van der Waals surface area contributed by atoms with Gasteiger partial charge in [0.1, 0.15) is 0 Å². The molecule has 2 saturated carbocycles. The molecule has 1 nitrogen and oxygen atoms in total. The summed E-state index contributed by atoms with van der Waals surface area (Å²) in [6.07, 6.45) is 3.78. The van der Waals surface area contributed by atoms with E-state index in [1.807, 2.05) is 0 Å². The third kappa shape index (κ3) is 0.418. The molecule has 0 aromatic heterocycles. The van der Waals surface area contributed by atoms with Crippen LogP contribution in [0.3, 0.4) is 0 Å². The van der Waals surface area contributed by atoms with Gasteiger partial charge < -0.3 is 5.11 Å². The molecule has 2 rings (SSSR count). The van der Waals surface area contributed by atoms with E-state index in [0.717, 1.165) is 18.3 Å². The molecule has 0 heterocycles. The van der Waals surface area contributed by atoms with Gasteiger partial charge in [-0.15, -0.1) is 0 Å². The maximum absolute atomic E-state index is 9.04. The summed E-state index contributed by atoms with van der Waals surface area (Å²) in [6.45, 7) is 0. The zero-order valence-electron chi connectivity index (χ0n) is 4.30. The lowest BCUT2D eigenvalue weighted by atomic mass is 10.2. The van der Waals surface area contributed by atoms with Gasteiger partial charge in [-0.3, -0.25) is 0 Å². The van der Waals surface area contributed by atoms with Gasteiger partial charge in [-0.25, -0.2) is 0 Å². The summed E-state index contributed by atoms with van der Waals surface area (Å²) >= 11 is 0. The van der Waals surface area contributed by atoms with Crippen LogP contribution in [0.4, 0.5) is 0 Å². The summed E-state index contributed by atoms with van der Waals surface area (Å²) < 4.78 is 0. The monoisotopic (exact) mass is 98.1 g/mol. The highest BCUT2D eigenvalue weighted by Crippen LogP contribution is 2.51. The van der Waals surface area contributed by atoms with E-state index in [-0.39, 0.29) is 6.10 Å². The Morgan fingerprint density at radius 3 is 2.29 bits per heavy atom. The van der Waals surface area contributed by atoms with Crippen LogP contribution in [-0.2, 0) is 0 Å². The van der Waals surface area contributed by atoms with Crippen LogP contribution in [0.25, 0.3) is 0 Å². The molecule has 2 fully saturated rings. The summed E-state index contributed by atoms with van der Waals surface area (Å²) in [6, 6.07) is 0. The van der Waals surface area contributed by atoms with Crippen molar-refractivity contribution in [3.05, 3.63) is 0 Å². The first-order valence-electron chi connectivity index (χ1n) is 3.06. The zero-order valence-corrected chi connectivity index (χ0v) is 4.30. The first-order chi connectivity index (χ1) is 3.38. The lowest BCUT2D eigenvalue weighted by molar-refractivity contribution is 0.159. The molecule has 0 aromatic rings. The number of aliphatic hydroxyl groups is 1. The van der Waals surface area contributed by atoms with E-state index in [4.69, 9.17) is 5.11 Å². The fraction of sp³-hybridized carbons (Fsp3) is 1.00. The van der Waals surface area contributed by atoms with Crippen molar-refractivity contribution in [3.63, 3.8) is 0 Å². The Kier molecular flexibility index (Phi) is 0.571. The van der Waals surface area contributed by atoms with Crippen LogP contribution in [0.2, 0.25) is 0 Å². The Labute approximate surface area is 43.3 Å². The van der Waals surface area contributed by atoms with Gasteiger partial charge in [0.15, 0.2) is 0 Å². The summed E-state index contributed by atoms with van der Waals surface area (Å²) in [4.78, 5) is 0. The molecule has 0 spiro atoms. The SMILES string of the molecule is O[C@@H]1CCC2CC21. The molecule has 0 saturated heterocycles. The Morgan fingerprint density at radius 1 is 1.29 bits per heavy atom. The van der Waals surface area contributed by atoms with Crippen LogP contribution in [0.1, 0.15) is 19.3 Å². The minimum absolute atomic E-state index is 0.0880. The molecular formula is C6H10O. The molecule has 0 bridgehead atoms. The van der Waals surface area contributed by atoms with Crippen molar-refractivity contribution in [2.75, 3.05) is 0 Å². The van der Waals surface area contributed by atoms with E-state index in [9.17, 15) is 0 Å². The molecular weight excluding hydrogens is 88.1 g/mol. The maximum atomic E-state index is 9.04. The predicted octanol–water partition coefficient (Wildman–Crippen LogP) is 0.777. The maximum Gasteiger partial charge on any atom is 0.0571 e. The minimum Gasteiger partial charge on any atom is -0.393 e. The standard InChI is InChI=1S/C6H10O/c7-6-2-1-4-3-5(4)6/h4-7H,1-3H2/t4?,5?,6-/m1/s1. The number of rotatable bonds is 0.